The summed E-state index contributed by atoms with van der Waals surface area (Å²) in [6, 6.07) is 3.80. The van der Waals surface area contributed by atoms with E-state index in [9.17, 15) is 0 Å². The molecule has 6 heteroatoms. The average Bonchev–Trinajstić information content (AvgIpc) is 2.18. The summed E-state index contributed by atoms with van der Waals surface area (Å²) in [7, 11) is 3.68. The van der Waals surface area contributed by atoms with Gasteiger partial charge in [-0.2, -0.15) is 0 Å². The molecule has 1 saturated heterocycles. The summed E-state index contributed by atoms with van der Waals surface area (Å²) < 4.78 is 0. The van der Waals surface area contributed by atoms with Gasteiger partial charge in [0.05, 0.1) is 0 Å². The molecule has 2 aliphatic rings. The molecule has 0 aromatic heterocycles. The molecule has 1 unspecified atom stereocenters. The predicted octanol–water partition coefficient (Wildman–Crippen LogP) is -1.24. The van der Waals surface area contributed by atoms with Crippen LogP contribution in [0.5, 0.6) is 0 Å². The number of rotatable bonds is 1. The van der Waals surface area contributed by atoms with Gasteiger partial charge in [0.25, 0.3) is 0 Å². The Morgan fingerprint density at radius 3 is 2.38 bits per heavy atom. The lowest BCUT2D eigenvalue weighted by Crippen LogP contribution is -2.39. The van der Waals surface area contributed by atoms with Crippen molar-refractivity contribution in [2.24, 2.45) is 0 Å². The number of hydrogen-bond donors (Lipinski definition) is 0. The van der Waals surface area contributed by atoms with Gasteiger partial charge in [0.2, 0.25) is 0 Å². The van der Waals surface area contributed by atoms with Gasteiger partial charge in [0, 0.05) is 17.4 Å². The van der Waals surface area contributed by atoms with E-state index in [1.54, 1.807) is 44.9 Å². The summed E-state index contributed by atoms with van der Waals surface area (Å²) in [5.74, 6) is 0. The Morgan fingerprint density at radius 2 is 1.56 bits per heavy atom. The van der Waals surface area contributed by atoms with Crippen LogP contribution in [0, 0.1) is 0 Å². The van der Waals surface area contributed by atoms with E-state index in [0.29, 0.717) is 17.6 Å². The highest BCUT2D eigenvalue weighted by Crippen LogP contribution is 2.30. The monoisotopic (exact) mass is 318 g/mol. The Hall–Kier alpha value is 1.30. The molecule has 0 nitrogen and oxygen atoms in total. The normalized spacial score (nSPS) is 38.6. The van der Waals surface area contributed by atoms with Gasteiger partial charge < -0.3 is 0 Å². The Bertz CT molecular complexity index is 152. The predicted molar refractivity (Wildman–Crippen MR) is 95.6 cm³/mol. The molecule has 0 N–H and O–H groups in total. The second-order valence-corrected chi connectivity index (χ2v) is 51.0. The van der Waals surface area contributed by atoms with Crippen LogP contribution in [0.2, 0.25) is 17.6 Å². The molecular weight excluding hydrogens is 289 g/mol. The molecule has 0 amide bonds. The highest BCUT2D eigenvalue weighted by molar-refractivity contribution is 7.61. The van der Waals surface area contributed by atoms with Gasteiger partial charge in [-0.05, 0) is 34.2 Å². The van der Waals surface area contributed by atoms with Crippen molar-refractivity contribution in [1.82, 2.24) is 0 Å². The molecule has 16 heavy (non-hydrogen) atoms. The van der Waals surface area contributed by atoms with E-state index in [1.807, 2.05) is 12.1 Å². The van der Waals surface area contributed by atoms with Gasteiger partial charge in [-0.1, -0.05) is 62.6 Å². The molecule has 1 aliphatic carbocycles. The van der Waals surface area contributed by atoms with Crippen molar-refractivity contribution in [3.05, 3.63) is 0 Å². The molecule has 1 saturated carbocycles. The van der Waals surface area contributed by atoms with Crippen molar-refractivity contribution in [3.63, 3.8) is 0 Å². The van der Waals surface area contributed by atoms with E-state index < -0.39 is 0 Å². The van der Waals surface area contributed by atoms with Crippen molar-refractivity contribution in [2.45, 2.75) is 62.6 Å². The van der Waals surface area contributed by atoms with Crippen LogP contribution in [0.25, 0.3) is 0 Å². The minimum Gasteiger partial charge on any atom is -0.0682 e. The van der Waals surface area contributed by atoms with Crippen LogP contribution < -0.4 is 0 Å². The Labute approximate surface area is 114 Å². The first kappa shape index (κ1) is 13.7. The summed E-state index contributed by atoms with van der Waals surface area (Å²) in [5, 5.41) is 0. The first-order valence-electron chi connectivity index (χ1n) is 7.97. The fourth-order valence-electron chi connectivity index (χ4n) is 3.92. The summed E-state index contributed by atoms with van der Waals surface area (Å²) in [6.45, 7) is 0. The lowest BCUT2D eigenvalue weighted by Gasteiger charge is -2.28. The maximum atomic E-state index is 1.91. The minimum absolute atomic E-state index is 0.0382. The summed E-state index contributed by atoms with van der Waals surface area (Å²) >= 11 is 0. The first-order chi connectivity index (χ1) is 7.97. The van der Waals surface area contributed by atoms with Crippen LogP contribution >= 0.6 is 0 Å². The van der Waals surface area contributed by atoms with E-state index >= 15 is 0 Å². The summed E-state index contributed by atoms with van der Waals surface area (Å²) in [5.41, 5.74) is 1.40. The van der Waals surface area contributed by atoms with Crippen molar-refractivity contribution >= 4 is 51.6 Å². The fraction of sp³-hybridized carbons (Fsp3) is 1.00. The van der Waals surface area contributed by atoms with Crippen molar-refractivity contribution < 1.29 is 0 Å². The lowest BCUT2D eigenvalue weighted by molar-refractivity contribution is 0.500. The largest absolute Gasteiger partial charge is 0.0682 e. The van der Waals surface area contributed by atoms with E-state index in [-0.39, 0.29) is 8.31 Å². The first-order valence-corrected chi connectivity index (χ1v) is 29.7. The Balaban J connectivity index is 1.81. The molecule has 0 spiro atoms. The van der Waals surface area contributed by atoms with E-state index in [1.165, 1.54) is 5.54 Å². The molecule has 0 aromatic rings. The molecule has 0 bridgehead atoms. The van der Waals surface area contributed by atoms with Gasteiger partial charge in [-0.15, -0.1) is 0 Å². The molecule has 1 aliphatic heterocycles. The topological polar surface area (TPSA) is 0 Å². The zero-order valence-corrected chi connectivity index (χ0v) is 19.3. The van der Waals surface area contributed by atoms with E-state index in [2.05, 4.69) is 0 Å². The smallest absolute Gasteiger partial charge is 0.0237 e. The third kappa shape index (κ3) is 4.89. The van der Waals surface area contributed by atoms with Crippen molar-refractivity contribution in [2.75, 3.05) is 0 Å². The molecule has 0 radical (unpaired) electrons. The van der Waals surface area contributed by atoms with Crippen LogP contribution in [0.1, 0.15) is 44.9 Å². The molecule has 2 fully saturated rings. The summed E-state index contributed by atoms with van der Waals surface area (Å²) in [4.78, 5) is 0. The maximum Gasteiger partial charge on any atom is 0.0237 e. The highest BCUT2D eigenvalue weighted by atomic mass is 29.9. The quantitative estimate of drug-likeness (QED) is 0.531. The van der Waals surface area contributed by atoms with Crippen LogP contribution in [0.3, 0.4) is 0 Å². The van der Waals surface area contributed by atoms with Crippen molar-refractivity contribution in [1.29, 1.82) is 0 Å². The Morgan fingerprint density at radius 1 is 0.812 bits per heavy atom. The molecule has 94 valence electrons. The second-order valence-electron chi connectivity index (χ2n) is 6.21. The van der Waals surface area contributed by atoms with Crippen molar-refractivity contribution in [3.8, 4) is 0 Å². The maximum absolute atomic E-state index is 1.91. The zero-order chi connectivity index (χ0) is 11.1. The molecule has 1 atom stereocenters. The third-order valence-electron chi connectivity index (χ3n) is 4.97. The van der Waals surface area contributed by atoms with Crippen LogP contribution in [0.15, 0.2) is 0 Å². The van der Waals surface area contributed by atoms with Gasteiger partial charge in [-0.3, -0.25) is 0 Å². The third-order valence-corrected chi connectivity index (χ3v) is 87.0. The molecular formula is C10H30Si6. The van der Waals surface area contributed by atoms with Crippen LogP contribution in [-0.2, 0) is 0 Å². The van der Waals surface area contributed by atoms with Gasteiger partial charge in [0.1, 0.15) is 0 Å². The van der Waals surface area contributed by atoms with Gasteiger partial charge in [0.15, 0.2) is 0 Å². The number of hydrogen-bond acceptors (Lipinski definition) is 0. The zero-order valence-electron chi connectivity index (χ0n) is 11.1. The molecule has 0 aromatic carbocycles. The SMILES string of the molecule is C1CCCC([SiH]2CC[SiH2][SiH2][SiH2][SiH2][SiH2]2)CCC1. The van der Waals surface area contributed by atoms with Gasteiger partial charge >= 0.3 is 0 Å². The van der Waals surface area contributed by atoms with E-state index in [4.69, 9.17) is 0 Å². The standard InChI is InChI=1S/C10H30Si6/c1-2-4-6-10(7-5-3-1)16-9-8-11-12-13-14-15-16/h10,16H,1-9,11-15H2. The van der Waals surface area contributed by atoms with E-state index in [0.717, 1.165) is 25.7 Å². The Kier molecular flexibility index (Phi) is 7.22. The second kappa shape index (κ2) is 8.41. The fourth-order valence-corrected chi connectivity index (χ4v) is 143. The summed E-state index contributed by atoms with van der Waals surface area (Å²) in [6.07, 6.45) is 11.5. The lowest BCUT2D eigenvalue weighted by atomic mass is 10.0. The van der Waals surface area contributed by atoms with Gasteiger partial charge in [-0.25, -0.2) is 0 Å². The highest BCUT2D eigenvalue weighted by Gasteiger charge is 2.23. The van der Waals surface area contributed by atoms with Crippen LogP contribution in [0.4, 0.5) is 0 Å². The molecule has 2 rings (SSSR count). The average molecular weight is 319 g/mol. The minimum atomic E-state index is -0.0382. The molecule has 1 heterocycles. The van der Waals surface area contributed by atoms with Crippen LogP contribution in [-0.4, -0.2) is 51.6 Å².